The average molecular weight is 673 g/mol. The Balaban J connectivity index is 2.41. The fourth-order valence-corrected chi connectivity index (χ4v) is 6.10. The van der Waals surface area contributed by atoms with Crippen molar-refractivity contribution < 1.29 is 39.5 Å². The zero-order valence-corrected chi connectivity index (χ0v) is 30.0. The number of amides is 2. The van der Waals surface area contributed by atoms with Gasteiger partial charge in [0.15, 0.2) is 6.29 Å². The molecule has 1 rings (SSSR count). The van der Waals surface area contributed by atoms with Crippen LogP contribution in [0.15, 0.2) is 0 Å². The number of aliphatic hydroxyl groups excluding tert-OH is 4. The summed E-state index contributed by atoms with van der Waals surface area (Å²) in [4.78, 5) is 25.9. The lowest BCUT2D eigenvalue weighted by Gasteiger charge is -2.39. The Morgan fingerprint density at radius 3 is 1.55 bits per heavy atom. The van der Waals surface area contributed by atoms with Gasteiger partial charge in [-0.3, -0.25) is 9.59 Å². The van der Waals surface area contributed by atoms with Crippen LogP contribution in [0.3, 0.4) is 0 Å². The van der Waals surface area contributed by atoms with Crippen LogP contribution in [0.25, 0.3) is 0 Å². The number of unbranched alkanes of at least 4 members (excludes halogenated alkanes) is 21. The molecule has 0 unspecified atom stereocenters. The van der Waals surface area contributed by atoms with Gasteiger partial charge in [0.1, 0.15) is 30.5 Å². The van der Waals surface area contributed by atoms with E-state index in [1.807, 2.05) is 0 Å². The zero-order valence-electron chi connectivity index (χ0n) is 30.0. The van der Waals surface area contributed by atoms with E-state index in [9.17, 15) is 30.0 Å². The van der Waals surface area contributed by atoms with Crippen molar-refractivity contribution in [3.63, 3.8) is 0 Å². The van der Waals surface area contributed by atoms with Gasteiger partial charge >= 0.3 is 0 Å². The van der Waals surface area contributed by atoms with Crippen LogP contribution in [0.4, 0.5) is 0 Å². The number of ether oxygens (including phenoxy) is 2. The van der Waals surface area contributed by atoms with Crippen molar-refractivity contribution in [2.45, 2.75) is 205 Å². The lowest BCUT2D eigenvalue weighted by molar-refractivity contribution is -0.301. The van der Waals surface area contributed by atoms with Crippen molar-refractivity contribution in [3.05, 3.63) is 0 Å². The van der Waals surface area contributed by atoms with Gasteiger partial charge in [-0.25, -0.2) is 0 Å². The van der Waals surface area contributed by atoms with Gasteiger partial charge in [0.2, 0.25) is 11.8 Å². The van der Waals surface area contributed by atoms with E-state index in [1.54, 1.807) is 0 Å². The number of hydrogen-bond acceptors (Lipinski definition) is 8. The summed E-state index contributed by atoms with van der Waals surface area (Å²) >= 11 is 0. The Morgan fingerprint density at radius 1 is 0.638 bits per heavy atom. The first-order chi connectivity index (χ1) is 22.8. The first-order valence-electron chi connectivity index (χ1n) is 19.3. The SMILES string of the molecule is CCCCCCCCCCCCCCNC(=O)[C@H](CO[C@H]1O[C@H](CO)[C@H](O)[C@H](O)[C@H]1O)NC(=O)CCCCCCCCCCCCC. The Bertz CT molecular complexity index is 756. The molecule has 0 radical (unpaired) electrons. The third-order valence-electron chi connectivity index (χ3n) is 9.26. The molecule has 1 saturated heterocycles. The molecule has 6 atom stereocenters. The topological polar surface area (TPSA) is 158 Å². The molecule has 6 N–H and O–H groups in total. The van der Waals surface area contributed by atoms with Gasteiger partial charge in [0.25, 0.3) is 0 Å². The maximum atomic E-state index is 13.1. The highest BCUT2D eigenvalue weighted by Gasteiger charge is 2.44. The number of nitrogens with one attached hydrogen (secondary N) is 2. The molecule has 10 nitrogen and oxygen atoms in total. The van der Waals surface area contributed by atoms with Crippen molar-refractivity contribution >= 4 is 11.8 Å². The molecule has 2 amide bonds. The largest absolute Gasteiger partial charge is 0.394 e. The highest BCUT2D eigenvalue weighted by atomic mass is 16.7. The third-order valence-corrected chi connectivity index (χ3v) is 9.26. The summed E-state index contributed by atoms with van der Waals surface area (Å²) < 4.78 is 11.0. The normalized spacial score (nSPS) is 21.9. The number of carbonyl (C=O) groups excluding carboxylic acids is 2. The predicted molar refractivity (Wildman–Crippen MR) is 187 cm³/mol. The molecule has 0 aromatic heterocycles. The van der Waals surface area contributed by atoms with E-state index < -0.39 is 43.4 Å². The highest BCUT2D eigenvalue weighted by Crippen LogP contribution is 2.22. The molecular weight excluding hydrogens is 600 g/mol. The molecule has 0 aliphatic carbocycles. The summed E-state index contributed by atoms with van der Waals surface area (Å²) in [7, 11) is 0. The van der Waals surface area contributed by atoms with Gasteiger partial charge in [-0.05, 0) is 12.8 Å². The molecule has 47 heavy (non-hydrogen) atoms. The first-order valence-corrected chi connectivity index (χ1v) is 19.3. The summed E-state index contributed by atoms with van der Waals surface area (Å²) in [5.74, 6) is -0.631. The van der Waals surface area contributed by atoms with Gasteiger partial charge in [-0.15, -0.1) is 0 Å². The maximum Gasteiger partial charge on any atom is 0.244 e. The Kier molecular flexibility index (Phi) is 27.5. The lowest BCUT2D eigenvalue weighted by Crippen LogP contribution is -2.60. The first kappa shape index (κ1) is 43.7. The Labute approximate surface area is 286 Å². The second-order valence-electron chi connectivity index (χ2n) is 13.6. The zero-order chi connectivity index (χ0) is 34.5. The highest BCUT2D eigenvalue weighted by molar-refractivity contribution is 5.87. The minimum absolute atomic E-state index is 0.246. The molecule has 278 valence electrons. The van der Waals surface area contributed by atoms with Crippen LogP contribution < -0.4 is 10.6 Å². The van der Waals surface area contributed by atoms with Crippen molar-refractivity contribution in [1.82, 2.24) is 10.6 Å². The third kappa shape index (κ3) is 21.4. The molecule has 1 heterocycles. The smallest absolute Gasteiger partial charge is 0.244 e. The van der Waals surface area contributed by atoms with E-state index in [0.29, 0.717) is 13.0 Å². The quantitative estimate of drug-likeness (QED) is 0.0504. The number of aliphatic hydroxyl groups is 4. The van der Waals surface area contributed by atoms with Crippen molar-refractivity contribution in [2.75, 3.05) is 19.8 Å². The van der Waals surface area contributed by atoms with E-state index in [4.69, 9.17) is 9.47 Å². The second-order valence-corrected chi connectivity index (χ2v) is 13.6. The summed E-state index contributed by atoms with van der Waals surface area (Å²) in [6.45, 7) is 4.08. The average Bonchev–Trinajstić information content (AvgIpc) is 3.07. The van der Waals surface area contributed by atoms with Crippen LogP contribution in [0, 0.1) is 0 Å². The lowest BCUT2D eigenvalue weighted by atomic mass is 9.99. The van der Waals surface area contributed by atoms with Crippen LogP contribution in [0.5, 0.6) is 0 Å². The Hall–Kier alpha value is -1.30. The molecule has 0 saturated carbocycles. The van der Waals surface area contributed by atoms with Crippen LogP contribution in [0.2, 0.25) is 0 Å². The monoisotopic (exact) mass is 673 g/mol. The Morgan fingerprint density at radius 2 is 1.09 bits per heavy atom. The molecule has 10 heteroatoms. The van der Waals surface area contributed by atoms with E-state index in [1.165, 1.54) is 109 Å². The fraction of sp³-hybridized carbons (Fsp3) is 0.946. The standard InChI is InChI=1S/C37H72N2O8/c1-3-5-7-9-11-13-15-17-19-21-23-25-27-38-36(45)30(29-46-37-35(44)34(43)33(42)31(28-40)47-37)39-32(41)26-24-22-20-18-16-14-12-10-8-6-4-2/h30-31,33-35,37,40,42-44H,3-29H2,1-2H3,(H,38,45)(H,39,41)/t30-,31+,33-,34-,35+,37-/m0/s1. The van der Waals surface area contributed by atoms with E-state index in [0.717, 1.165) is 38.5 Å². The molecule has 0 aromatic rings. The summed E-state index contributed by atoms with van der Waals surface area (Å²) in [5, 5.41) is 45.6. The molecular formula is C37H72N2O8. The van der Waals surface area contributed by atoms with E-state index in [-0.39, 0.29) is 18.4 Å². The van der Waals surface area contributed by atoms with Crippen molar-refractivity contribution in [2.24, 2.45) is 0 Å². The summed E-state index contributed by atoms with van der Waals surface area (Å²) in [6.07, 6.45) is 20.9. The number of carbonyl (C=O) groups is 2. The van der Waals surface area contributed by atoms with E-state index >= 15 is 0 Å². The molecule has 1 aliphatic rings. The van der Waals surface area contributed by atoms with Crippen LogP contribution in [0.1, 0.15) is 168 Å². The summed E-state index contributed by atoms with van der Waals surface area (Å²) in [6, 6.07) is -1.01. The van der Waals surface area contributed by atoms with Gasteiger partial charge < -0.3 is 40.5 Å². The second kappa shape index (κ2) is 29.6. The predicted octanol–water partition coefficient (Wildman–Crippen LogP) is 5.81. The molecule has 1 aliphatic heterocycles. The fourth-order valence-electron chi connectivity index (χ4n) is 6.10. The van der Waals surface area contributed by atoms with Crippen LogP contribution >= 0.6 is 0 Å². The number of rotatable bonds is 31. The minimum Gasteiger partial charge on any atom is -0.394 e. The van der Waals surface area contributed by atoms with Crippen LogP contribution in [-0.4, -0.2) is 88.7 Å². The van der Waals surface area contributed by atoms with Gasteiger partial charge in [-0.2, -0.15) is 0 Å². The van der Waals surface area contributed by atoms with Crippen LogP contribution in [-0.2, 0) is 19.1 Å². The van der Waals surface area contributed by atoms with E-state index in [2.05, 4.69) is 24.5 Å². The summed E-state index contributed by atoms with van der Waals surface area (Å²) in [5.41, 5.74) is 0. The molecule has 0 spiro atoms. The molecule has 0 aromatic carbocycles. The van der Waals surface area contributed by atoms with Gasteiger partial charge in [-0.1, -0.05) is 149 Å². The van der Waals surface area contributed by atoms with Gasteiger partial charge in [0, 0.05) is 13.0 Å². The van der Waals surface area contributed by atoms with Crippen molar-refractivity contribution in [1.29, 1.82) is 0 Å². The van der Waals surface area contributed by atoms with Gasteiger partial charge in [0.05, 0.1) is 13.2 Å². The van der Waals surface area contributed by atoms with Crippen molar-refractivity contribution in [3.8, 4) is 0 Å². The molecule has 1 fully saturated rings. The minimum atomic E-state index is -1.58. The molecule has 0 bridgehead atoms. The number of hydrogen-bond donors (Lipinski definition) is 6. The maximum absolute atomic E-state index is 13.1.